The number of nitrogens with one attached hydrogen (secondary N) is 2. The highest BCUT2D eigenvalue weighted by Crippen LogP contribution is 2.12. The Bertz CT molecular complexity index is 619. The fourth-order valence-corrected chi connectivity index (χ4v) is 1.94. The monoisotopic (exact) mass is 297 g/mol. The Kier molecular flexibility index (Phi) is 5.57. The number of hydrogen-bond donors (Lipinski definition) is 3. The zero-order valence-electron chi connectivity index (χ0n) is 12.9. The Morgan fingerprint density at radius 2 is 2.05 bits per heavy atom. The number of nitrogen functional groups attached to an aromatic ring is 1. The summed E-state index contributed by atoms with van der Waals surface area (Å²) < 4.78 is 1.28. The van der Waals surface area contributed by atoms with E-state index in [1.54, 1.807) is 14.0 Å². The van der Waals surface area contributed by atoms with Crippen LogP contribution in [0.3, 0.4) is 0 Å². The summed E-state index contributed by atoms with van der Waals surface area (Å²) in [6.45, 7) is 6.35. The molecule has 0 aliphatic rings. The van der Waals surface area contributed by atoms with Gasteiger partial charge in [0.15, 0.2) is 0 Å². The predicted octanol–water partition coefficient (Wildman–Crippen LogP) is -0.192. The first-order valence-electron chi connectivity index (χ1n) is 6.97. The molecule has 0 aliphatic carbocycles. The van der Waals surface area contributed by atoms with Gasteiger partial charge in [-0.15, -0.1) is 0 Å². The summed E-state index contributed by atoms with van der Waals surface area (Å²) >= 11 is 0. The summed E-state index contributed by atoms with van der Waals surface area (Å²) in [6.07, 6.45) is 0.697. The first-order chi connectivity index (χ1) is 9.83. The van der Waals surface area contributed by atoms with Crippen molar-refractivity contribution in [1.29, 1.82) is 0 Å². The third-order valence-electron chi connectivity index (χ3n) is 3.27. The second-order valence-corrected chi connectivity index (χ2v) is 4.89. The molecular weight excluding hydrogens is 274 g/mol. The molecule has 0 saturated carbocycles. The fourth-order valence-electron chi connectivity index (χ4n) is 1.94. The van der Waals surface area contributed by atoms with Crippen LogP contribution in [-0.2, 0) is 11.3 Å². The largest absolute Gasteiger partial charge is 0.383 e. The smallest absolute Gasteiger partial charge is 0.330 e. The van der Waals surface area contributed by atoms with E-state index in [0.29, 0.717) is 19.5 Å². The molecule has 0 spiro atoms. The molecule has 1 aromatic heterocycles. The molecular formula is C13H23N5O3. The first kappa shape index (κ1) is 16.8. The molecule has 21 heavy (non-hydrogen) atoms. The van der Waals surface area contributed by atoms with Gasteiger partial charge in [0.1, 0.15) is 17.5 Å². The second-order valence-electron chi connectivity index (χ2n) is 4.89. The third-order valence-corrected chi connectivity index (χ3v) is 3.27. The van der Waals surface area contributed by atoms with Gasteiger partial charge in [-0.25, -0.2) is 4.79 Å². The number of nitrogens with two attached hydrogens (primary N) is 1. The van der Waals surface area contributed by atoms with Crippen molar-refractivity contribution >= 4 is 17.4 Å². The van der Waals surface area contributed by atoms with E-state index in [4.69, 9.17) is 5.73 Å². The van der Waals surface area contributed by atoms with Crippen LogP contribution in [0.1, 0.15) is 27.2 Å². The molecule has 118 valence electrons. The fraction of sp³-hybridized carbons (Fsp3) is 0.615. The number of aromatic nitrogens is 2. The van der Waals surface area contributed by atoms with E-state index >= 15 is 0 Å². The van der Waals surface area contributed by atoms with Crippen LogP contribution in [0.4, 0.5) is 11.5 Å². The molecule has 0 aliphatic heterocycles. The molecule has 8 nitrogen and oxygen atoms in total. The minimum atomic E-state index is -0.622. The lowest BCUT2D eigenvalue weighted by Crippen LogP contribution is -2.41. The molecule has 0 fully saturated rings. The third kappa shape index (κ3) is 3.65. The lowest BCUT2D eigenvalue weighted by molar-refractivity contribution is -0.130. The number of hydrogen-bond acceptors (Lipinski definition) is 5. The Labute approximate surface area is 122 Å². The van der Waals surface area contributed by atoms with Gasteiger partial charge in [-0.2, -0.15) is 0 Å². The number of aromatic amines is 1. The highest BCUT2D eigenvalue weighted by atomic mass is 16.2. The number of likely N-dealkylation sites (N-methyl/N-ethyl adjacent to an activating group) is 1. The number of rotatable bonds is 6. The van der Waals surface area contributed by atoms with Gasteiger partial charge < -0.3 is 16.0 Å². The quantitative estimate of drug-likeness (QED) is 0.673. The minimum absolute atomic E-state index is 0.0457. The minimum Gasteiger partial charge on any atom is -0.383 e. The Morgan fingerprint density at radius 1 is 1.43 bits per heavy atom. The van der Waals surface area contributed by atoms with Crippen LogP contribution in [0.15, 0.2) is 9.59 Å². The van der Waals surface area contributed by atoms with Gasteiger partial charge in [-0.1, -0.05) is 6.92 Å². The molecule has 0 radical (unpaired) electrons. The van der Waals surface area contributed by atoms with Crippen LogP contribution < -0.4 is 22.3 Å². The maximum Gasteiger partial charge on any atom is 0.330 e. The van der Waals surface area contributed by atoms with Crippen molar-refractivity contribution in [2.75, 3.05) is 24.6 Å². The lowest BCUT2D eigenvalue weighted by Gasteiger charge is -2.22. The first-order valence-corrected chi connectivity index (χ1v) is 6.97. The molecule has 1 rings (SSSR count). The van der Waals surface area contributed by atoms with E-state index in [0.717, 1.165) is 0 Å². The number of anilines is 2. The van der Waals surface area contributed by atoms with Crippen molar-refractivity contribution < 1.29 is 4.79 Å². The molecule has 1 unspecified atom stereocenters. The topological polar surface area (TPSA) is 113 Å². The normalized spacial score (nSPS) is 12.0. The van der Waals surface area contributed by atoms with Crippen LogP contribution in [0.25, 0.3) is 0 Å². The molecule has 1 aromatic rings. The zero-order chi connectivity index (χ0) is 16.2. The van der Waals surface area contributed by atoms with Crippen molar-refractivity contribution in [2.24, 2.45) is 0 Å². The number of carbonyl (C=O) groups is 1. The molecule has 1 atom stereocenters. The maximum atomic E-state index is 12.0. The number of nitrogens with zero attached hydrogens (tertiary/aromatic N) is 2. The van der Waals surface area contributed by atoms with Crippen molar-refractivity contribution in [3.63, 3.8) is 0 Å². The lowest BCUT2D eigenvalue weighted by atomic mass is 10.2. The van der Waals surface area contributed by atoms with Gasteiger partial charge in [-0.3, -0.25) is 19.1 Å². The summed E-state index contributed by atoms with van der Waals surface area (Å²) in [5.74, 6) is -0.117. The van der Waals surface area contributed by atoms with Gasteiger partial charge >= 0.3 is 5.69 Å². The summed E-state index contributed by atoms with van der Waals surface area (Å²) in [4.78, 5) is 39.3. The van der Waals surface area contributed by atoms with Crippen LogP contribution in [0.5, 0.6) is 0 Å². The van der Waals surface area contributed by atoms with Crippen molar-refractivity contribution in [3.05, 3.63) is 20.8 Å². The average Bonchev–Trinajstić information content (AvgIpc) is 2.45. The summed E-state index contributed by atoms with van der Waals surface area (Å²) in [5, 5.41) is 2.80. The standard InChI is InChI=1S/C13H23N5O3/c1-5-7-18-10(14)9(11(19)16-13(18)21)15-8(3)12(20)17(4)6-2/h8,15H,5-7,14H2,1-4H3,(H,16,19,21). The highest BCUT2D eigenvalue weighted by Gasteiger charge is 2.20. The van der Waals surface area contributed by atoms with Crippen LogP contribution in [0, 0.1) is 0 Å². The van der Waals surface area contributed by atoms with E-state index in [1.807, 2.05) is 13.8 Å². The van der Waals surface area contributed by atoms with Gasteiger partial charge in [0.25, 0.3) is 5.56 Å². The SMILES string of the molecule is CCCn1c(N)c(NC(C)C(=O)N(C)CC)c(=O)[nH]c1=O. The molecule has 0 aromatic carbocycles. The van der Waals surface area contributed by atoms with Crippen LogP contribution in [-0.4, -0.2) is 40.0 Å². The van der Waals surface area contributed by atoms with Crippen LogP contribution >= 0.6 is 0 Å². The summed E-state index contributed by atoms with van der Waals surface area (Å²) in [6, 6.07) is -0.620. The summed E-state index contributed by atoms with van der Waals surface area (Å²) in [5.41, 5.74) is 4.76. The molecule has 8 heteroatoms. The number of amides is 1. The molecule has 1 heterocycles. The molecule has 4 N–H and O–H groups in total. The van der Waals surface area contributed by atoms with Crippen molar-refractivity contribution in [3.8, 4) is 0 Å². The van der Waals surface area contributed by atoms with Crippen molar-refractivity contribution in [1.82, 2.24) is 14.5 Å². The van der Waals surface area contributed by atoms with E-state index in [1.165, 1.54) is 9.47 Å². The zero-order valence-corrected chi connectivity index (χ0v) is 12.9. The van der Waals surface area contributed by atoms with E-state index in [9.17, 15) is 14.4 Å². The van der Waals surface area contributed by atoms with Crippen LogP contribution in [0.2, 0.25) is 0 Å². The van der Waals surface area contributed by atoms with Crippen molar-refractivity contribution in [2.45, 2.75) is 39.8 Å². The highest BCUT2D eigenvalue weighted by molar-refractivity contribution is 5.84. The van der Waals surface area contributed by atoms with Gasteiger partial charge in [0.2, 0.25) is 5.91 Å². The van der Waals surface area contributed by atoms with E-state index in [-0.39, 0.29) is 17.4 Å². The Hall–Kier alpha value is -2.25. The van der Waals surface area contributed by atoms with E-state index < -0.39 is 17.3 Å². The average molecular weight is 297 g/mol. The van der Waals surface area contributed by atoms with Gasteiger partial charge in [-0.05, 0) is 20.3 Å². The molecule has 0 saturated heterocycles. The Balaban J connectivity index is 3.14. The molecule has 0 bridgehead atoms. The van der Waals surface area contributed by atoms with Gasteiger partial charge in [0, 0.05) is 20.1 Å². The van der Waals surface area contributed by atoms with Gasteiger partial charge in [0.05, 0.1) is 0 Å². The second kappa shape index (κ2) is 6.96. The predicted molar refractivity (Wildman–Crippen MR) is 82.4 cm³/mol. The number of carbonyl (C=O) groups excluding carboxylic acids is 1. The Morgan fingerprint density at radius 3 is 2.57 bits per heavy atom. The summed E-state index contributed by atoms with van der Waals surface area (Å²) in [7, 11) is 1.67. The number of H-pyrrole nitrogens is 1. The molecule has 1 amide bonds. The maximum absolute atomic E-state index is 12.0. The van der Waals surface area contributed by atoms with E-state index in [2.05, 4.69) is 10.3 Å².